The van der Waals surface area contributed by atoms with E-state index in [2.05, 4.69) is 4.98 Å². The van der Waals surface area contributed by atoms with Gasteiger partial charge in [-0.15, -0.1) is 0 Å². The second-order valence-electron chi connectivity index (χ2n) is 6.67. The molecule has 1 aromatic carbocycles. The smallest absolute Gasteiger partial charge is 0.258 e. The van der Waals surface area contributed by atoms with Gasteiger partial charge < -0.3 is 4.74 Å². The number of ether oxygens (including phenoxy) is 1. The van der Waals surface area contributed by atoms with Crippen LogP contribution < -0.4 is 10.3 Å². The Bertz CT molecular complexity index is 1100. The van der Waals surface area contributed by atoms with Crippen LogP contribution in [0.1, 0.15) is 46.4 Å². The lowest BCUT2D eigenvalue weighted by Gasteiger charge is -2.12. The number of Topliss-reactive ketones (excluding diaryl/α,β-unsaturated/α-hetero) is 1. The first-order chi connectivity index (χ1) is 12.4. The Morgan fingerprint density at radius 1 is 1.27 bits per heavy atom. The molecule has 0 radical (unpaired) electrons. The van der Waals surface area contributed by atoms with Crippen molar-refractivity contribution in [3.8, 4) is 5.75 Å². The summed E-state index contributed by atoms with van der Waals surface area (Å²) in [7, 11) is 0. The molecule has 2 heterocycles. The van der Waals surface area contributed by atoms with Crippen molar-refractivity contribution in [2.24, 2.45) is 0 Å². The summed E-state index contributed by atoms with van der Waals surface area (Å²) >= 11 is 6.26. The number of nitrogens with zero attached hydrogens (tertiary/aromatic N) is 2. The number of fused-ring (bicyclic) bond motifs is 2. The number of ketones is 1. The average molecular weight is 369 g/mol. The highest BCUT2D eigenvalue weighted by Gasteiger charge is 2.31. The molecule has 0 saturated heterocycles. The zero-order valence-corrected chi connectivity index (χ0v) is 15.2. The minimum absolute atomic E-state index is 0.0344. The van der Waals surface area contributed by atoms with Crippen LogP contribution in [0.3, 0.4) is 0 Å². The number of benzene rings is 1. The van der Waals surface area contributed by atoms with Gasteiger partial charge in [-0.05, 0) is 48.2 Å². The molecule has 1 aliphatic rings. The van der Waals surface area contributed by atoms with Crippen molar-refractivity contribution < 1.29 is 9.53 Å². The maximum absolute atomic E-state index is 12.3. The number of halogens is 1. The van der Waals surface area contributed by atoms with Gasteiger partial charge in [0.25, 0.3) is 5.56 Å². The van der Waals surface area contributed by atoms with E-state index in [-0.39, 0.29) is 23.9 Å². The van der Waals surface area contributed by atoms with E-state index in [0.29, 0.717) is 34.1 Å². The summed E-state index contributed by atoms with van der Waals surface area (Å²) in [6, 6.07) is 8.60. The SMILES string of the molecule is Cc1ccn2c(=O)cc(COc3ccc(Cl)c4c3C(=O)C[C@H]4C)nc2c1. The highest BCUT2D eigenvalue weighted by atomic mass is 35.5. The first-order valence-corrected chi connectivity index (χ1v) is 8.79. The molecular formula is C20H17ClN2O3. The van der Waals surface area contributed by atoms with Crippen LogP contribution in [0.25, 0.3) is 5.65 Å². The largest absolute Gasteiger partial charge is 0.487 e. The summed E-state index contributed by atoms with van der Waals surface area (Å²) < 4.78 is 7.34. The molecule has 0 N–H and O–H groups in total. The van der Waals surface area contributed by atoms with Crippen molar-refractivity contribution in [1.29, 1.82) is 0 Å². The van der Waals surface area contributed by atoms with E-state index >= 15 is 0 Å². The minimum atomic E-state index is -0.167. The lowest BCUT2D eigenvalue weighted by Crippen LogP contribution is -2.16. The van der Waals surface area contributed by atoms with E-state index in [9.17, 15) is 9.59 Å². The van der Waals surface area contributed by atoms with Gasteiger partial charge in [-0.25, -0.2) is 4.98 Å². The summed E-state index contributed by atoms with van der Waals surface area (Å²) in [6.07, 6.45) is 2.14. The van der Waals surface area contributed by atoms with E-state index in [0.717, 1.165) is 11.1 Å². The predicted octanol–water partition coefficient (Wildman–Crippen LogP) is 3.93. The van der Waals surface area contributed by atoms with Crippen LogP contribution in [0.15, 0.2) is 41.3 Å². The Labute approximate surface area is 155 Å². The average Bonchev–Trinajstić information content (AvgIpc) is 2.89. The Hall–Kier alpha value is -2.66. The Morgan fingerprint density at radius 2 is 2.08 bits per heavy atom. The molecular weight excluding hydrogens is 352 g/mol. The van der Waals surface area contributed by atoms with Crippen LogP contribution in [0.5, 0.6) is 5.75 Å². The molecule has 2 aromatic heterocycles. The third kappa shape index (κ3) is 2.78. The Kier molecular flexibility index (Phi) is 4.04. The number of carbonyl (C=O) groups is 1. The van der Waals surface area contributed by atoms with E-state index < -0.39 is 0 Å². The number of aryl methyl sites for hydroxylation is 1. The maximum atomic E-state index is 12.3. The molecule has 132 valence electrons. The van der Waals surface area contributed by atoms with Gasteiger partial charge in [0.2, 0.25) is 0 Å². The fourth-order valence-electron chi connectivity index (χ4n) is 3.43. The molecule has 0 fully saturated rings. The molecule has 0 amide bonds. The fourth-order valence-corrected chi connectivity index (χ4v) is 3.77. The summed E-state index contributed by atoms with van der Waals surface area (Å²) in [5.74, 6) is 0.608. The predicted molar refractivity (Wildman–Crippen MR) is 99.3 cm³/mol. The first kappa shape index (κ1) is 16.8. The highest BCUT2D eigenvalue weighted by Crippen LogP contribution is 2.42. The van der Waals surface area contributed by atoms with Gasteiger partial charge in [-0.2, -0.15) is 0 Å². The van der Waals surface area contributed by atoms with Gasteiger partial charge in [0.15, 0.2) is 5.78 Å². The third-order valence-electron chi connectivity index (χ3n) is 4.67. The van der Waals surface area contributed by atoms with Crippen molar-refractivity contribution in [1.82, 2.24) is 9.38 Å². The number of rotatable bonds is 3. The maximum Gasteiger partial charge on any atom is 0.258 e. The van der Waals surface area contributed by atoms with Crippen molar-refractivity contribution in [3.63, 3.8) is 0 Å². The van der Waals surface area contributed by atoms with Gasteiger partial charge in [-0.3, -0.25) is 14.0 Å². The molecule has 26 heavy (non-hydrogen) atoms. The van der Waals surface area contributed by atoms with Crippen molar-refractivity contribution in [3.05, 3.63) is 74.3 Å². The normalized spacial score (nSPS) is 16.1. The molecule has 1 atom stereocenters. The number of pyridine rings is 1. The van der Waals surface area contributed by atoms with Crippen LogP contribution in [-0.4, -0.2) is 15.2 Å². The number of aromatic nitrogens is 2. The number of carbonyl (C=O) groups excluding carboxylic acids is 1. The van der Waals surface area contributed by atoms with E-state index in [1.807, 2.05) is 26.0 Å². The van der Waals surface area contributed by atoms with Gasteiger partial charge >= 0.3 is 0 Å². The Morgan fingerprint density at radius 3 is 2.88 bits per heavy atom. The van der Waals surface area contributed by atoms with Gasteiger partial charge in [0.05, 0.1) is 11.3 Å². The van der Waals surface area contributed by atoms with Crippen LogP contribution in [0.4, 0.5) is 0 Å². The number of hydrogen-bond acceptors (Lipinski definition) is 4. The van der Waals surface area contributed by atoms with Gasteiger partial charge in [-0.1, -0.05) is 18.5 Å². The zero-order chi connectivity index (χ0) is 18.4. The highest BCUT2D eigenvalue weighted by molar-refractivity contribution is 6.32. The zero-order valence-electron chi connectivity index (χ0n) is 14.5. The lowest BCUT2D eigenvalue weighted by molar-refractivity contribution is 0.0986. The molecule has 4 rings (SSSR count). The van der Waals surface area contributed by atoms with E-state index in [1.165, 1.54) is 10.5 Å². The molecule has 3 aromatic rings. The van der Waals surface area contributed by atoms with E-state index in [4.69, 9.17) is 16.3 Å². The van der Waals surface area contributed by atoms with Gasteiger partial charge in [0, 0.05) is 23.7 Å². The first-order valence-electron chi connectivity index (χ1n) is 8.41. The summed E-state index contributed by atoms with van der Waals surface area (Å²) in [4.78, 5) is 29.0. The second kappa shape index (κ2) is 6.25. The minimum Gasteiger partial charge on any atom is -0.487 e. The standard InChI is InChI=1S/C20H17ClN2O3/c1-11-5-6-23-17(7-11)22-13(9-18(23)25)10-26-16-4-3-14(21)19-12(2)8-15(24)20(16)19/h3-7,9,12H,8,10H2,1-2H3/t12-/m1/s1. The van der Waals surface area contributed by atoms with Crippen LogP contribution in [0, 0.1) is 6.92 Å². The monoisotopic (exact) mass is 368 g/mol. The number of hydrogen-bond donors (Lipinski definition) is 0. The van der Waals surface area contributed by atoms with Crippen molar-refractivity contribution in [2.75, 3.05) is 0 Å². The van der Waals surface area contributed by atoms with Crippen molar-refractivity contribution >= 4 is 23.0 Å². The quantitative estimate of drug-likeness (QED) is 0.702. The third-order valence-corrected chi connectivity index (χ3v) is 5.00. The second-order valence-corrected chi connectivity index (χ2v) is 7.08. The fraction of sp³-hybridized carbons (Fsp3) is 0.250. The molecule has 0 aliphatic heterocycles. The molecule has 6 heteroatoms. The topological polar surface area (TPSA) is 60.7 Å². The summed E-state index contributed by atoms with van der Waals surface area (Å²) in [5, 5.41) is 0.586. The van der Waals surface area contributed by atoms with Crippen molar-refractivity contribution in [2.45, 2.75) is 32.8 Å². The molecule has 0 bridgehead atoms. The molecule has 0 unspecified atom stereocenters. The van der Waals surface area contributed by atoms with Gasteiger partial charge in [0.1, 0.15) is 18.0 Å². The summed E-state index contributed by atoms with van der Waals surface area (Å²) in [5.41, 5.74) is 3.34. The molecule has 1 aliphatic carbocycles. The molecule has 5 nitrogen and oxygen atoms in total. The van der Waals surface area contributed by atoms with Crippen LogP contribution >= 0.6 is 11.6 Å². The molecule has 0 spiro atoms. The lowest BCUT2D eigenvalue weighted by atomic mass is 10.0. The summed E-state index contributed by atoms with van der Waals surface area (Å²) in [6.45, 7) is 4.03. The molecule has 0 saturated carbocycles. The van der Waals surface area contributed by atoms with E-state index in [1.54, 1.807) is 18.3 Å². The van der Waals surface area contributed by atoms with Crippen LogP contribution in [-0.2, 0) is 6.61 Å². The van der Waals surface area contributed by atoms with Crippen LogP contribution in [0.2, 0.25) is 5.02 Å². The Balaban J connectivity index is 1.68.